The number of thiophene rings is 9. The molecule has 0 saturated carbocycles. The van der Waals surface area contributed by atoms with Gasteiger partial charge in [0.1, 0.15) is 11.5 Å². The molecule has 3 aliphatic heterocycles. The van der Waals surface area contributed by atoms with Crippen LogP contribution in [0, 0.1) is 37.5 Å². The Bertz CT molecular complexity index is 5830. The quantitative estimate of drug-likeness (QED) is 0.0205. The predicted octanol–water partition coefficient (Wildman–Crippen LogP) is 37.7. The molecular formula is C117H172BBr2N3O10S9Sn4. The molecule has 0 aliphatic carbocycles. The Hall–Kier alpha value is -2.38. The van der Waals surface area contributed by atoms with Gasteiger partial charge in [-0.1, -0.05) is 190 Å². The van der Waals surface area contributed by atoms with E-state index in [2.05, 4.69) is 230 Å². The molecule has 802 valence electrons. The summed E-state index contributed by atoms with van der Waals surface area (Å²) in [7, 11) is 4.50. The number of nitrogens with zero attached hydrogens (tertiary/aromatic N) is 3. The van der Waals surface area contributed by atoms with Crippen LogP contribution in [0.3, 0.4) is 0 Å². The van der Waals surface area contributed by atoms with Crippen LogP contribution in [0.2, 0.25) is 66.1 Å². The van der Waals surface area contributed by atoms with Gasteiger partial charge in [-0.15, -0.1) is 68.0 Å². The summed E-state index contributed by atoms with van der Waals surface area (Å²) >= 11 is 14.2. The summed E-state index contributed by atoms with van der Waals surface area (Å²) in [4.78, 5) is 124. The molecule has 3 aliphatic rings. The predicted molar refractivity (Wildman–Crippen MR) is 663 cm³/mol. The average molecular weight is 2710 g/mol. The first-order valence-corrected chi connectivity index (χ1v) is 104. The van der Waals surface area contributed by atoms with E-state index in [1.165, 1.54) is 207 Å². The van der Waals surface area contributed by atoms with E-state index in [1.807, 2.05) is 41.7 Å². The van der Waals surface area contributed by atoms with Crippen molar-refractivity contribution in [2.75, 3.05) is 46.1 Å². The monoisotopic (exact) mass is 2720 g/mol. The topological polar surface area (TPSA) is 149 Å². The second-order valence-corrected chi connectivity index (χ2v) is 119. The Morgan fingerprint density at radius 1 is 0.288 bits per heavy atom. The second kappa shape index (κ2) is 59.8. The molecule has 6 amide bonds. The van der Waals surface area contributed by atoms with Crippen LogP contribution < -0.4 is 30.5 Å². The minimum atomic E-state index is -2.28. The molecule has 9 aromatic heterocycles. The van der Waals surface area contributed by atoms with Crippen molar-refractivity contribution in [1.82, 2.24) is 14.7 Å². The summed E-state index contributed by atoms with van der Waals surface area (Å²) in [5.74, 6) is 5.01. The van der Waals surface area contributed by atoms with Crippen LogP contribution in [-0.4, -0.2) is 178 Å². The van der Waals surface area contributed by atoms with Gasteiger partial charge < -0.3 is 9.47 Å². The molecule has 2 radical (unpaired) electrons. The van der Waals surface area contributed by atoms with Gasteiger partial charge >= 0.3 is 348 Å². The molecule has 0 N–H and O–H groups in total. The van der Waals surface area contributed by atoms with E-state index in [9.17, 15) is 28.8 Å². The molecule has 146 heavy (non-hydrogen) atoms. The summed E-state index contributed by atoms with van der Waals surface area (Å²) in [5.41, 5.74) is 3.04. The number of amides is 6. The van der Waals surface area contributed by atoms with Crippen molar-refractivity contribution in [2.45, 2.75) is 374 Å². The van der Waals surface area contributed by atoms with E-state index < -0.39 is 73.5 Å². The Kier molecular flexibility index (Phi) is 51.4. The molecule has 4 atom stereocenters. The molecule has 13 nitrogen and oxygen atoms in total. The second-order valence-electron chi connectivity index (χ2n) is 44.5. The fourth-order valence-corrected chi connectivity index (χ4v) is 54.9. The molecule has 11 aromatic rings. The van der Waals surface area contributed by atoms with Crippen LogP contribution in [0.1, 0.15) is 366 Å². The van der Waals surface area contributed by atoms with Crippen molar-refractivity contribution >= 4 is 303 Å². The first kappa shape index (κ1) is 125. The summed E-state index contributed by atoms with van der Waals surface area (Å²) < 4.78 is 40.8. The molecule has 14 rings (SSSR count). The minimum absolute atomic E-state index is 0.160. The van der Waals surface area contributed by atoms with Gasteiger partial charge in [-0.2, -0.15) is 0 Å². The number of rotatable bonds is 56. The van der Waals surface area contributed by atoms with Crippen LogP contribution in [0.25, 0.3) is 69.6 Å². The van der Waals surface area contributed by atoms with E-state index in [4.69, 9.17) is 18.9 Å². The number of carbonyl (C=O) groups is 6. The number of ether oxygens (including phenoxy) is 4. The number of carbonyl (C=O) groups excluding carboxylic acids is 6. The van der Waals surface area contributed by atoms with Gasteiger partial charge in [-0.05, 0) is 114 Å². The number of imide groups is 3. The normalized spacial score (nSPS) is 14.2. The van der Waals surface area contributed by atoms with Crippen molar-refractivity contribution in [3.8, 4) is 52.3 Å². The van der Waals surface area contributed by atoms with Crippen LogP contribution in [-0.2, 0) is 0 Å². The molecule has 0 fully saturated rings. The van der Waals surface area contributed by atoms with Gasteiger partial charge in [-0.25, -0.2) is 0 Å². The van der Waals surface area contributed by atoms with Crippen LogP contribution in [0.4, 0.5) is 0 Å². The maximum absolute atomic E-state index is 14.9. The Labute approximate surface area is 948 Å². The van der Waals surface area contributed by atoms with Gasteiger partial charge in [0.05, 0.1) is 86.0 Å². The van der Waals surface area contributed by atoms with E-state index in [1.54, 1.807) is 34.2 Å². The van der Waals surface area contributed by atoms with E-state index in [0.717, 1.165) is 201 Å². The van der Waals surface area contributed by atoms with E-state index in [-0.39, 0.29) is 35.4 Å². The van der Waals surface area contributed by atoms with Gasteiger partial charge in [0.15, 0.2) is 0 Å². The summed E-state index contributed by atoms with van der Waals surface area (Å²) in [6.07, 6.45) is 38.6. The Balaban J connectivity index is 0.000000245. The number of halogens is 2. The number of benzene rings is 2. The SMILES string of the molecule is CCCCC(CC)COc1c2c[c]([Sn]([CH3])([CH3])[CH3])sc2c(OCC(CC)CCCC)c2c[c]([Sn]([CH3])([CH3])[CH3])sc12.CCCCCCCCN1C(=O)c2c(Br)sc(Br)c2C1=O.CCCCCCCCN1C(=O)c2c(C)sc(-c3ccc(-c4sc(-c5cc6c(OCC(CC)CCCC)c7sc(C)cc7c(OCC(CC)CCCC)c6s5)c5c4C(=O)N(CCCCCCCC)C5=O)s3)c2C1=O.[B]C.[CH3][Sn]([CH3])([CH3])[c]1cc[c]([Sn]([CH3])([CH3])[CH3])s1. The number of unbranched alkanes of at least 4 members (excludes halogenated alkanes) is 19. The van der Waals surface area contributed by atoms with E-state index in [0.29, 0.717) is 89.9 Å². The standard InChI is InChI=1S/C60H78N2O6S5.C26H36O2S2.C14H17Br2NO2S.C4H2S.CH3B.12CH3.4Sn/c1-9-15-19-21-23-25-31-61-57(63)46-38(8)70-54(47(46)58(61)64)43-29-30-44(71-43)55-48-49(60(66)62(59(48)65)32-26-24-22-20-16-10-2)56(73-55)45-34-42-51(68-36-40(14-6)28-18-12-4)52-41(33-37(7)69-52)50(53(42)72-45)67-35-39(13-5)27-17-11-3;1-5-9-11-19(7-3)17-27-23-21-13-15-30-26(21)24(22-14-16-29-25(22)23)28-18-20(8-4)12-10-6-2;1-2-3-4-5-6-7-8-17-13(18)9-10(14(17)19)12(16)20-11(9)15;1-2-4-5-3-1;1-2;;;;;;;;;;;;;;;;/h29-30,33-34,39-40H,9-28,31-32,35-36H2,1-8H3;13-14,19-20H,5-12,17-18H2,1-4H3;2-8H2,1H3;1-2H;1H3;12*1H3;;;;. The zero-order valence-electron chi connectivity index (χ0n) is 93.4. The van der Waals surface area contributed by atoms with Crippen molar-refractivity contribution in [2.24, 2.45) is 23.7 Å². The third-order valence-electron chi connectivity index (χ3n) is 28.5. The van der Waals surface area contributed by atoms with E-state index >= 15 is 0 Å². The third kappa shape index (κ3) is 32.0. The zero-order valence-corrected chi connectivity index (χ0v) is 115. The van der Waals surface area contributed by atoms with Gasteiger partial charge in [0.25, 0.3) is 35.4 Å². The first-order chi connectivity index (χ1) is 69.7. The molecule has 2 aromatic carbocycles. The number of hydrogen-bond acceptors (Lipinski definition) is 19. The maximum atomic E-state index is 14.9. The molecule has 4 unspecified atom stereocenters. The van der Waals surface area contributed by atoms with Crippen molar-refractivity contribution in [3.63, 3.8) is 0 Å². The summed E-state index contributed by atoms with van der Waals surface area (Å²) in [6, 6.07) is 18.4. The number of hydrogen-bond donors (Lipinski definition) is 0. The fourth-order valence-electron chi connectivity index (χ4n) is 19.0. The summed E-state index contributed by atoms with van der Waals surface area (Å²) in [5, 5.41) is 4.71. The van der Waals surface area contributed by atoms with Crippen molar-refractivity contribution < 1.29 is 47.7 Å². The van der Waals surface area contributed by atoms with Crippen LogP contribution in [0.5, 0.6) is 23.0 Å². The van der Waals surface area contributed by atoms with Crippen LogP contribution in [0.15, 0.2) is 56.1 Å². The Morgan fingerprint density at radius 3 is 0.897 bits per heavy atom. The van der Waals surface area contributed by atoms with Crippen molar-refractivity contribution in [1.29, 1.82) is 0 Å². The third-order valence-corrected chi connectivity index (χ3v) is 78.3. The Morgan fingerprint density at radius 2 is 0.568 bits per heavy atom. The van der Waals surface area contributed by atoms with Gasteiger partial charge in [0, 0.05) is 54.8 Å². The average Bonchev–Trinajstić information content (AvgIpc) is 1.55. The zero-order chi connectivity index (χ0) is 107. The fraction of sp³-hybridized carbons (Fsp3) is 0.607. The van der Waals surface area contributed by atoms with Crippen molar-refractivity contribution in [3.05, 3.63) is 99.2 Å². The summed E-state index contributed by atoms with van der Waals surface area (Å²) in [6.45, 7) is 34.7. The molecule has 0 saturated heterocycles. The molecule has 29 heteroatoms. The van der Waals surface area contributed by atoms with Crippen LogP contribution >= 0.6 is 134 Å². The van der Waals surface area contributed by atoms with Gasteiger partial charge in [-0.3, -0.25) is 43.5 Å². The number of fused-ring (bicyclic) bond motifs is 7. The molecular weight excluding hydrogens is 2540 g/mol. The molecule has 0 spiro atoms. The number of aryl methyl sites for hydroxylation is 2. The van der Waals surface area contributed by atoms with Gasteiger partial charge in [0.2, 0.25) is 0 Å². The molecule has 12 heterocycles. The molecule has 0 bridgehead atoms. The first-order valence-electron chi connectivity index (χ1n) is 55.4.